The van der Waals surface area contributed by atoms with E-state index in [1.165, 1.54) is 11.1 Å². The van der Waals surface area contributed by atoms with Crippen molar-refractivity contribution in [1.82, 2.24) is 5.01 Å². The van der Waals surface area contributed by atoms with Crippen molar-refractivity contribution >= 4 is 5.69 Å². The van der Waals surface area contributed by atoms with Gasteiger partial charge in [0.1, 0.15) is 0 Å². The van der Waals surface area contributed by atoms with E-state index in [0.29, 0.717) is 0 Å². The van der Waals surface area contributed by atoms with Crippen molar-refractivity contribution in [2.24, 2.45) is 0 Å². The first-order valence-corrected chi connectivity index (χ1v) is 6.57. The van der Waals surface area contributed by atoms with Crippen LogP contribution >= 0.6 is 0 Å². The number of para-hydroxylation sites is 1. The number of hydrogen-bond acceptors (Lipinski definition) is 3. The molecule has 0 fully saturated rings. The van der Waals surface area contributed by atoms with Gasteiger partial charge in [0.25, 0.3) is 0 Å². The minimum atomic E-state index is -0.0369. The average Bonchev–Trinajstić information content (AvgIpc) is 2.48. The molecule has 0 bridgehead atoms. The lowest BCUT2D eigenvalue weighted by molar-refractivity contribution is -0.0272. The molecule has 1 aliphatic rings. The van der Waals surface area contributed by atoms with Gasteiger partial charge in [0, 0.05) is 24.9 Å². The van der Waals surface area contributed by atoms with E-state index in [2.05, 4.69) is 46.8 Å². The smallest absolute Gasteiger partial charge is 0.152 e. The monoisotopic (exact) mass is 254 g/mol. The fourth-order valence-electron chi connectivity index (χ4n) is 2.58. The molecule has 0 aliphatic carbocycles. The molecule has 3 rings (SSSR count). The number of benzene rings is 2. The number of nitrogens with zero attached hydrogens (tertiary/aromatic N) is 1. The van der Waals surface area contributed by atoms with Gasteiger partial charge in [-0.3, -0.25) is 0 Å². The van der Waals surface area contributed by atoms with Crippen molar-refractivity contribution in [2.45, 2.75) is 12.6 Å². The summed E-state index contributed by atoms with van der Waals surface area (Å²) < 4.78 is 5.67. The second kappa shape index (κ2) is 5.43. The van der Waals surface area contributed by atoms with Gasteiger partial charge < -0.3 is 10.2 Å². The molecule has 0 aromatic heterocycles. The van der Waals surface area contributed by atoms with Gasteiger partial charge in [0.05, 0.1) is 0 Å². The third-order valence-corrected chi connectivity index (χ3v) is 3.50. The van der Waals surface area contributed by atoms with Crippen molar-refractivity contribution in [3.05, 3.63) is 65.7 Å². The van der Waals surface area contributed by atoms with Crippen LogP contribution < -0.4 is 5.43 Å². The molecule has 98 valence electrons. The van der Waals surface area contributed by atoms with Crippen LogP contribution in [0, 0.1) is 0 Å². The molecule has 0 spiro atoms. The van der Waals surface area contributed by atoms with E-state index >= 15 is 0 Å². The number of nitrogens with one attached hydrogen (secondary N) is 1. The highest BCUT2D eigenvalue weighted by Crippen LogP contribution is 2.30. The van der Waals surface area contributed by atoms with Crippen LogP contribution in [0.1, 0.15) is 17.4 Å². The molecule has 1 aliphatic heterocycles. The van der Waals surface area contributed by atoms with E-state index in [4.69, 9.17) is 4.74 Å². The molecule has 1 N–H and O–H groups in total. The second-order valence-corrected chi connectivity index (χ2v) is 4.71. The molecule has 0 saturated heterocycles. The summed E-state index contributed by atoms with van der Waals surface area (Å²) in [5, 5.41) is 2.15. The highest BCUT2D eigenvalue weighted by molar-refractivity contribution is 5.42. The van der Waals surface area contributed by atoms with Crippen LogP contribution in [0.25, 0.3) is 0 Å². The number of hydrogen-bond donors (Lipinski definition) is 1. The normalized spacial score (nSPS) is 18.9. The number of ether oxygens (including phenoxy) is 1. The summed E-state index contributed by atoms with van der Waals surface area (Å²) in [6, 6.07) is 18.7. The standard InChI is InChI=1S/C16H18N2O/c1-19-16-15-10-6-5-7-13(15)11-12-18(16)17-14-8-3-2-4-9-14/h2-10,16-17H,11-12H2,1H3. The molecule has 3 nitrogen and oxygen atoms in total. The third kappa shape index (κ3) is 2.48. The second-order valence-electron chi connectivity index (χ2n) is 4.71. The Morgan fingerprint density at radius 3 is 2.58 bits per heavy atom. The Hall–Kier alpha value is -1.84. The Balaban J connectivity index is 1.84. The summed E-state index contributed by atoms with van der Waals surface area (Å²) >= 11 is 0. The minimum Gasteiger partial charge on any atom is -0.360 e. The van der Waals surface area contributed by atoms with Crippen molar-refractivity contribution in [3.63, 3.8) is 0 Å². The quantitative estimate of drug-likeness (QED) is 0.910. The maximum Gasteiger partial charge on any atom is 0.152 e. The van der Waals surface area contributed by atoms with Crippen LogP contribution in [-0.2, 0) is 11.2 Å². The fraction of sp³-hybridized carbons (Fsp3) is 0.250. The zero-order valence-electron chi connectivity index (χ0n) is 11.0. The van der Waals surface area contributed by atoms with Crippen molar-refractivity contribution in [2.75, 3.05) is 19.1 Å². The van der Waals surface area contributed by atoms with E-state index in [9.17, 15) is 0 Å². The fourth-order valence-corrected chi connectivity index (χ4v) is 2.58. The topological polar surface area (TPSA) is 24.5 Å². The van der Waals surface area contributed by atoms with Crippen LogP contribution in [0.2, 0.25) is 0 Å². The number of fused-ring (bicyclic) bond motifs is 1. The molecule has 2 aromatic carbocycles. The minimum absolute atomic E-state index is 0.0369. The van der Waals surface area contributed by atoms with Crippen LogP contribution in [0.4, 0.5) is 5.69 Å². The molecular weight excluding hydrogens is 236 g/mol. The SMILES string of the molecule is COC1c2ccccc2CCN1Nc1ccccc1. The Morgan fingerprint density at radius 1 is 1.05 bits per heavy atom. The zero-order valence-corrected chi connectivity index (χ0v) is 11.0. The van der Waals surface area contributed by atoms with Gasteiger partial charge in [-0.1, -0.05) is 42.5 Å². The lowest BCUT2D eigenvalue weighted by Crippen LogP contribution is -2.40. The lowest BCUT2D eigenvalue weighted by atomic mass is 9.99. The summed E-state index contributed by atoms with van der Waals surface area (Å²) in [7, 11) is 1.76. The Bertz CT molecular complexity index is 541. The Morgan fingerprint density at radius 2 is 1.79 bits per heavy atom. The maximum absolute atomic E-state index is 5.67. The molecule has 1 atom stereocenters. The zero-order chi connectivity index (χ0) is 13.1. The number of methoxy groups -OCH3 is 1. The molecule has 19 heavy (non-hydrogen) atoms. The molecule has 0 amide bonds. The van der Waals surface area contributed by atoms with Crippen LogP contribution in [-0.4, -0.2) is 18.7 Å². The summed E-state index contributed by atoms with van der Waals surface area (Å²) in [5.41, 5.74) is 7.14. The first kappa shape index (κ1) is 12.2. The van der Waals surface area contributed by atoms with Crippen molar-refractivity contribution < 1.29 is 4.74 Å². The van der Waals surface area contributed by atoms with Gasteiger partial charge in [-0.05, 0) is 24.1 Å². The third-order valence-electron chi connectivity index (χ3n) is 3.50. The van der Waals surface area contributed by atoms with Crippen LogP contribution in [0.5, 0.6) is 0 Å². The van der Waals surface area contributed by atoms with Gasteiger partial charge in [-0.2, -0.15) is 5.01 Å². The number of rotatable bonds is 3. The molecule has 3 heteroatoms. The summed E-state index contributed by atoms with van der Waals surface area (Å²) in [4.78, 5) is 0. The van der Waals surface area contributed by atoms with Gasteiger partial charge in [0.2, 0.25) is 0 Å². The molecule has 1 heterocycles. The Labute approximate surface area is 113 Å². The first-order valence-electron chi connectivity index (χ1n) is 6.57. The summed E-state index contributed by atoms with van der Waals surface area (Å²) in [6.07, 6.45) is 1.00. The summed E-state index contributed by atoms with van der Waals surface area (Å²) in [6.45, 7) is 0.935. The largest absolute Gasteiger partial charge is 0.360 e. The van der Waals surface area contributed by atoms with Crippen molar-refractivity contribution in [1.29, 1.82) is 0 Å². The van der Waals surface area contributed by atoms with Gasteiger partial charge in [0.15, 0.2) is 6.23 Å². The van der Waals surface area contributed by atoms with Gasteiger partial charge >= 0.3 is 0 Å². The number of hydrazine groups is 1. The first-order chi connectivity index (χ1) is 9.38. The van der Waals surface area contributed by atoms with Crippen LogP contribution in [0.15, 0.2) is 54.6 Å². The van der Waals surface area contributed by atoms with Gasteiger partial charge in [-0.15, -0.1) is 0 Å². The maximum atomic E-state index is 5.67. The molecule has 1 unspecified atom stereocenters. The highest BCUT2D eigenvalue weighted by Gasteiger charge is 2.26. The molecule has 2 aromatic rings. The Kier molecular flexibility index (Phi) is 3.49. The van der Waals surface area contributed by atoms with Crippen molar-refractivity contribution in [3.8, 4) is 0 Å². The summed E-state index contributed by atoms with van der Waals surface area (Å²) in [5.74, 6) is 0. The molecule has 0 radical (unpaired) electrons. The predicted octanol–water partition coefficient (Wildman–Crippen LogP) is 3.22. The van der Waals surface area contributed by atoms with E-state index in [1.807, 2.05) is 18.2 Å². The molecular formula is C16H18N2O. The van der Waals surface area contributed by atoms with E-state index < -0.39 is 0 Å². The molecule has 0 saturated carbocycles. The average molecular weight is 254 g/mol. The number of anilines is 1. The van der Waals surface area contributed by atoms with E-state index in [-0.39, 0.29) is 6.23 Å². The lowest BCUT2D eigenvalue weighted by Gasteiger charge is -2.36. The van der Waals surface area contributed by atoms with E-state index in [1.54, 1.807) is 7.11 Å². The van der Waals surface area contributed by atoms with E-state index in [0.717, 1.165) is 18.7 Å². The van der Waals surface area contributed by atoms with Gasteiger partial charge in [-0.25, -0.2) is 0 Å². The highest BCUT2D eigenvalue weighted by atomic mass is 16.5. The predicted molar refractivity (Wildman–Crippen MR) is 76.7 cm³/mol. The van der Waals surface area contributed by atoms with Crippen LogP contribution in [0.3, 0.4) is 0 Å².